The number of nitrogens with one attached hydrogen (secondary N) is 2. The number of hydrogen-bond acceptors (Lipinski definition) is 5. The summed E-state index contributed by atoms with van der Waals surface area (Å²) in [5.74, 6) is -0.0506. The molecule has 1 aliphatic rings. The number of amides is 1. The molecular weight excluding hydrogens is 224 g/mol. The summed E-state index contributed by atoms with van der Waals surface area (Å²) < 4.78 is 15.6. The lowest BCUT2D eigenvalue weighted by atomic mass is 10.2. The maximum absolute atomic E-state index is 11.7. The zero-order chi connectivity index (χ0) is 12.7. The highest BCUT2D eigenvalue weighted by Gasteiger charge is 2.21. The van der Waals surface area contributed by atoms with Gasteiger partial charge in [-0.25, -0.2) is 0 Å². The van der Waals surface area contributed by atoms with Gasteiger partial charge in [-0.15, -0.1) is 0 Å². The van der Waals surface area contributed by atoms with E-state index >= 15 is 0 Å². The van der Waals surface area contributed by atoms with Crippen molar-refractivity contribution in [1.82, 2.24) is 10.6 Å². The van der Waals surface area contributed by atoms with Gasteiger partial charge in [-0.1, -0.05) is 0 Å². The zero-order valence-corrected chi connectivity index (χ0v) is 10.7. The molecule has 100 valence electrons. The van der Waals surface area contributed by atoms with Gasteiger partial charge in [0.05, 0.1) is 25.2 Å². The van der Waals surface area contributed by atoms with Crippen LogP contribution in [-0.4, -0.2) is 58.3 Å². The normalized spacial score (nSPS) is 22.5. The van der Waals surface area contributed by atoms with Gasteiger partial charge in [0.2, 0.25) is 5.91 Å². The molecule has 0 spiro atoms. The maximum atomic E-state index is 11.7. The first-order chi connectivity index (χ1) is 8.17. The van der Waals surface area contributed by atoms with Crippen LogP contribution in [0.4, 0.5) is 0 Å². The zero-order valence-electron chi connectivity index (χ0n) is 10.7. The molecule has 1 fully saturated rings. The van der Waals surface area contributed by atoms with Crippen LogP contribution in [0.3, 0.4) is 0 Å². The fraction of sp³-hybridized carbons (Fsp3) is 0.909. The molecular formula is C11H22N2O4. The Bertz CT molecular complexity index is 228. The van der Waals surface area contributed by atoms with Gasteiger partial charge < -0.3 is 24.8 Å². The van der Waals surface area contributed by atoms with Crippen LogP contribution < -0.4 is 10.6 Å². The first-order valence-electron chi connectivity index (χ1n) is 5.84. The number of carbonyl (C=O) groups is 1. The summed E-state index contributed by atoms with van der Waals surface area (Å²) in [5.41, 5.74) is 0. The molecule has 0 aromatic rings. The van der Waals surface area contributed by atoms with Crippen LogP contribution in [0.15, 0.2) is 0 Å². The van der Waals surface area contributed by atoms with Crippen molar-refractivity contribution in [2.45, 2.75) is 31.8 Å². The molecule has 1 amide bonds. The minimum absolute atomic E-state index is 0.0421. The quantitative estimate of drug-likeness (QED) is 0.618. The Labute approximate surface area is 102 Å². The summed E-state index contributed by atoms with van der Waals surface area (Å²) >= 11 is 0. The highest BCUT2D eigenvalue weighted by Crippen LogP contribution is 2.03. The summed E-state index contributed by atoms with van der Waals surface area (Å²) in [7, 11) is 3.09. The molecule has 17 heavy (non-hydrogen) atoms. The second-order valence-electron chi connectivity index (χ2n) is 4.10. The Kier molecular flexibility index (Phi) is 6.43. The van der Waals surface area contributed by atoms with E-state index in [1.165, 1.54) is 0 Å². The van der Waals surface area contributed by atoms with Gasteiger partial charge in [0, 0.05) is 27.3 Å². The highest BCUT2D eigenvalue weighted by molar-refractivity contribution is 5.76. The smallest absolute Gasteiger partial charge is 0.223 e. The van der Waals surface area contributed by atoms with Crippen molar-refractivity contribution < 1.29 is 19.0 Å². The molecule has 1 rings (SSSR count). The van der Waals surface area contributed by atoms with Gasteiger partial charge in [0.25, 0.3) is 0 Å². The number of ether oxygens (including phenoxy) is 3. The standard InChI is InChI=1S/C11H22N2O4/c1-8(11(15-2)16-3)13-10(14)6-9-7-12-4-5-17-9/h8-9,11-12H,4-7H2,1-3H3,(H,13,14). The number of morpholine rings is 1. The Hall–Kier alpha value is -0.690. The molecule has 0 radical (unpaired) electrons. The van der Waals surface area contributed by atoms with E-state index in [0.29, 0.717) is 13.0 Å². The second-order valence-corrected chi connectivity index (χ2v) is 4.10. The molecule has 0 bridgehead atoms. The van der Waals surface area contributed by atoms with Gasteiger partial charge in [0.1, 0.15) is 0 Å². The molecule has 6 nitrogen and oxygen atoms in total. The maximum Gasteiger partial charge on any atom is 0.223 e. The van der Waals surface area contributed by atoms with Crippen molar-refractivity contribution in [3.8, 4) is 0 Å². The predicted molar refractivity (Wildman–Crippen MR) is 62.6 cm³/mol. The molecule has 2 unspecified atom stereocenters. The van der Waals surface area contributed by atoms with Gasteiger partial charge in [-0.2, -0.15) is 0 Å². The third-order valence-corrected chi connectivity index (χ3v) is 2.68. The molecule has 0 aromatic heterocycles. The van der Waals surface area contributed by atoms with Gasteiger partial charge in [-0.3, -0.25) is 4.79 Å². The lowest BCUT2D eigenvalue weighted by Gasteiger charge is -2.25. The largest absolute Gasteiger partial charge is 0.375 e. The first kappa shape index (κ1) is 14.4. The molecule has 0 saturated carbocycles. The van der Waals surface area contributed by atoms with Crippen LogP contribution in [0, 0.1) is 0 Å². The fourth-order valence-electron chi connectivity index (χ4n) is 1.84. The van der Waals surface area contributed by atoms with E-state index in [1.807, 2.05) is 6.92 Å². The molecule has 2 atom stereocenters. The number of carbonyl (C=O) groups excluding carboxylic acids is 1. The van der Waals surface area contributed by atoms with Crippen LogP contribution in [0.25, 0.3) is 0 Å². The van der Waals surface area contributed by atoms with E-state index in [-0.39, 0.29) is 18.1 Å². The highest BCUT2D eigenvalue weighted by atomic mass is 16.7. The van der Waals surface area contributed by atoms with Crippen LogP contribution in [0.5, 0.6) is 0 Å². The van der Waals surface area contributed by atoms with Crippen molar-refractivity contribution in [2.24, 2.45) is 0 Å². The second kappa shape index (κ2) is 7.60. The Morgan fingerprint density at radius 3 is 2.76 bits per heavy atom. The number of rotatable bonds is 6. The summed E-state index contributed by atoms with van der Waals surface area (Å²) in [4.78, 5) is 11.7. The minimum atomic E-state index is -0.427. The van der Waals surface area contributed by atoms with Crippen LogP contribution in [0.2, 0.25) is 0 Å². The lowest BCUT2D eigenvalue weighted by Crippen LogP contribution is -2.46. The molecule has 1 aliphatic heterocycles. The summed E-state index contributed by atoms with van der Waals surface area (Å²) in [5, 5.41) is 6.02. The first-order valence-corrected chi connectivity index (χ1v) is 5.84. The lowest BCUT2D eigenvalue weighted by molar-refractivity contribution is -0.138. The summed E-state index contributed by atoms with van der Waals surface area (Å²) in [6, 6.07) is -0.186. The Balaban J connectivity index is 2.27. The van der Waals surface area contributed by atoms with Gasteiger partial charge >= 0.3 is 0 Å². The molecule has 1 heterocycles. The van der Waals surface area contributed by atoms with Crippen molar-refractivity contribution >= 4 is 5.91 Å². The molecule has 2 N–H and O–H groups in total. The third kappa shape index (κ3) is 4.99. The third-order valence-electron chi connectivity index (χ3n) is 2.68. The van der Waals surface area contributed by atoms with Crippen molar-refractivity contribution in [1.29, 1.82) is 0 Å². The van der Waals surface area contributed by atoms with Crippen molar-refractivity contribution in [3.63, 3.8) is 0 Å². The molecule has 0 aromatic carbocycles. The fourth-order valence-corrected chi connectivity index (χ4v) is 1.84. The number of methoxy groups -OCH3 is 2. The van der Waals surface area contributed by atoms with Gasteiger partial charge in [0.15, 0.2) is 6.29 Å². The summed E-state index contributed by atoms with van der Waals surface area (Å²) in [6.07, 6.45) is -0.110. The predicted octanol–water partition coefficient (Wildman–Crippen LogP) is -0.511. The van der Waals surface area contributed by atoms with Crippen molar-refractivity contribution in [3.05, 3.63) is 0 Å². The summed E-state index contributed by atoms with van der Waals surface area (Å²) in [6.45, 7) is 4.07. The van der Waals surface area contributed by atoms with Gasteiger partial charge in [-0.05, 0) is 6.92 Å². The van der Waals surface area contributed by atoms with Crippen molar-refractivity contribution in [2.75, 3.05) is 33.9 Å². The average molecular weight is 246 g/mol. The van der Waals surface area contributed by atoms with E-state index in [9.17, 15) is 4.79 Å². The number of hydrogen-bond donors (Lipinski definition) is 2. The van der Waals surface area contributed by atoms with Crippen LogP contribution in [0.1, 0.15) is 13.3 Å². The van der Waals surface area contributed by atoms with E-state index in [4.69, 9.17) is 14.2 Å². The minimum Gasteiger partial charge on any atom is -0.375 e. The Morgan fingerprint density at radius 1 is 1.53 bits per heavy atom. The molecule has 6 heteroatoms. The van der Waals surface area contributed by atoms with E-state index in [2.05, 4.69) is 10.6 Å². The monoisotopic (exact) mass is 246 g/mol. The Morgan fingerprint density at radius 2 is 2.24 bits per heavy atom. The SMILES string of the molecule is COC(OC)C(C)NC(=O)CC1CNCCO1. The van der Waals surface area contributed by atoms with Crippen LogP contribution in [-0.2, 0) is 19.0 Å². The molecule has 0 aliphatic carbocycles. The van der Waals surface area contributed by atoms with Crippen LogP contribution >= 0.6 is 0 Å². The van der Waals surface area contributed by atoms with E-state index in [1.54, 1.807) is 14.2 Å². The van der Waals surface area contributed by atoms with E-state index in [0.717, 1.165) is 13.1 Å². The topological polar surface area (TPSA) is 68.8 Å². The molecule has 1 saturated heterocycles. The van der Waals surface area contributed by atoms with E-state index < -0.39 is 6.29 Å². The average Bonchev–Trinajstić information content (AvgIpc) is 2.31.